The quantitative estimate of drug-likeness (QED) is 0.652. The van der Waals surface area contributed by atoms with Crippen LogP contribution in [0.15, 0.2) is 36.7 Å². The standard InChI is InChI=1S/C11H9N3O4/c15-11(16)10-5-9(14(17)18)7-13(10)6-8-3-1-2-4-12-8/h1-5,7H,6H2,(H,15,16). The molecule has 7 heteroatoms. The predicted molar refractivity (Wildman–Crippen MR) is 61.4 cm³/mol. The Morgan fingerprint density at radius 1 is 1.50 bits per heavy atom. The van der Waals surface area contributed by atoms with Crippen LogP contribution in [0.5, 0.6) is 0 Å². The molecule has 0 saturated heterocycles. The minimum atomic E-state index is -1.21. The zero-order chi connectivity index (χ0) is 13.1. The van der Waals surface area contributed by atoms with Gasteiger partial charge in [0.1, 0.15) is 5.69 Å². The minimum absolute atomic E-state index is 0.132. The summed E-state index contributed by atoms with van der Waals surface area (Å²) >= 11 is 0. The minimum Gasteiger partial charge on any atom is -0.477 e. The molecule has 0 aliphatic carbocycles. The van der Waals surface area contributed by atoms with Crippen molar-refractivity contribution in [2.45, 2.75) is 6.54 Å². The van der Waals surface area contributed by atoms with E-state index in [2.05, 4.69) is 4.98 Å². The molecule has 18 heavy (non-hydrogen) atoms. The largest absolute Gasteiger partial charge is 0.477 e. The lowest BCUT2D eigenvalue weighted by Gasteiger charge is -2.04. The van der Waals surface area contributed by atoms with E-state index in [1.165, 1.54) is 10.8 Å². The Kier molecular flexibility index (Phi) is 3.05. The number of pyridine rings is 1. The summed E-state index contributed by atoms with van der Waals surface area (Å²) in [4.78, 5) is 25.0. The number of carboxylic acid groups (broad SMARTS) is 1. The van der Waals surface area contributed by atoms with Crippen molar-refractivity contribution in [1.29, 1.82) is 0 Å². The van der Waals surface area contributed by atoms with Crippen molar-refractivity contribution < 1.29 is 14.8 Å². The summed E-state index contributed by atoms with van der Waals surface area (Å²) in [6, 6.07) is 6.25. The van der Waals surface area contributed by atoms with Crippen LogP contribution < -0.4 is 0 Å². The first-order chi connectivity index (χ1) is 8.58. The first-order valence-corrected chi connectivity index (χ1v) is 5.05. The molecule has 2 rings (SSSR count). The number of nitro groups is 1. The molecule has 92 valence electrons. The summed E-state index contributed by atoms with van der Waals surface area (Å²) < 4.78 is 1.29. The lowest BCUT2D eigenvalue weighted by molar-refractivity contribution is -0.384. The Morgan fingerprint density at radius 3 is 2.83 bits per heavy atom. The molecule has 1 N–H and O–H groups in total. The molecule has 2 aromatic rings. The second-order valence-electron chi connectivity index (χ2n) is 3.59. The molecule has 0 aliphatic rings. The summed E-state index contributed by atoms with van der Waals surface area (Å²) in [6.07, 6.45) is 2.77. The monoisotopic (exact) mass is 247 g/mol. The van der Waals surface area contributed by atoms with Crippen molar-refractivity contribution in [3.63, 3.8) is 0 Å². The van der Waals surface area contributed by atoms with Crippen molar-refractivity contribution in [3.05, 3.63) is 58.2 Å². The summed E-state index contributed by atoms with van der Waals surface area (Å²) in [5.74, 6) is -1.21. The Morgan fingerprint density at radius 2 is 2.28 bits per heavy atom. The highest BCUT2D eigenvalue weighted by molar-refractivity contribution is 5.86. The average Bonchev–Trinajstić information content (AvgIpc) is 2.74. The van der Waals surface area contributed by atoms with E-state index in [-0.39, 0.29) is 17.9 Å². The maximum absolute atomic E-state index is 11.0. The maximum Gasteiger partial charge on any atom is 0.352 e. The van der Waals surface area contributed by atoms with E-state index in [1.807, 2.05) is 0 Å². The summed E-state index contributed by atoms with van der Waals surface area (Å²) in [7, 11) is 0. The van der Waals surface area contributed by atoms with Gasteiger partial charge in [-0.25, -0.2) is 4.79 Å². The molecule has 0 unspecified atom stereocenters. The number of aromatic nitrogens is 2. The van der Waals surface area contributed by atoms with Crippen molar-refractivity contribution in [2.75, 3.05) is 0 Å². The molecule has 2 aromatic heterocycles. The number of carboxylic acids is 1. The van der Waals surface area contributed by atoms with Crippen molar-refractivity contribution in [2.24, 2.45) is 0 Å². The Bertz CT molecular complexity index is 592. The van der Waals surface area contributed by atoms with Gasteiger partial charge in [0.15, 0.2) is 0 Å². The third-order valence-corrected chi connectivity index (χ3v) is 2.37. The van der Waals surface area contributed by atoms with E-state index in [1.54, 1.807) is 24.4 Å². The van der Waals surface area contributed by atoms with E-state index in [0.29, 0.717) is 5.69 Å². The van der Waals surface area contributed by atoms with Gasteiger partial charge in [-0.3, -0.25) is 15.1 Å². The van der Waals surface area contributed by atoms with Gasteiger partial charge >= 0.3 is 5.97 Å². The van der Waals surface area contributed by atoms with Gasteiger partial charge < -0.3 is 9.67 Å². The molecule has 7 nitrogen and oxygen atoms in total. The van der Waals surface area contributed by atoms with Crippen molar-refractivity contribution >= 4 is 11.7 Å². The molecule has 0 spiro atoms. The van der Waals surface area contributed by atoms with Gasteiger partial charge in [0, 0.05) is 12.3 Å². The predicted octanol–water partition coefficient (Wildman–Crippen LogP) is 1.54. The van der Waals surface area contributed by atoms with Gasteiger partial charge in [0.2, 0.25) is 0 Å². The number of nitrogens with zero attached hydrogens (tertiary/aromatic N) is 3. The van der Waals surface area contributed by atoms with Crippen molar-refractivity contribution in [3.8, 4) is 0 Å². The smallest absolute Gasteiger partial charge is 0.352 e. The van der Waals surface area contributed by atoms with Gasteiger partial charge in [-0.1, -0.05) is 6.07 Å². The second kappa shape index (κ2) is 4.66. The normalized spacial score (nSPS) is 10.2. The Labute approximate surface area is 101 Å². The topological polar surface area (TPSA) is 98.3 Å². The Balaban J connectivity index is 2.37. The van der Waals surface area contributed by atoms with Gasteiger partial charge in [-0.2, -0.15) is 0 Å². The van der Waals surface area contributed by atoms with Crippen LogP contribution in [0.3, 0.4) is 0 Å². The zero-order valence-electron chi connectivity index (χ0n) is 9.18. The van der Waals surface area contributed by atoms with Gasteiger partial charge in [0.05, 0.1) is 23.4 Å². The molecule has 0 aliphatic heterocycles. The van der Waals surface area contributed by atoms with E-state index in [9.17, 15) is 14.9 Å². The fourth-order valence-corrected chi connectivity index (χ4v) is 1.57. The summed E-state index contributed by atoms with van der Waals surface area (Å²) in [5.41, 5.74) is 0.251. The van der Waals surface area contributed by atoms with Crippen LogP contribution in [0.1, 0.15) is 16.2 Å². The lowest BCUT2D eigenvalue weighted by Crippen LogP contribution is -2.09. The van der Waals surface area contributed by atoms with Crippen LogP contribution in [0.4, 0.5) is 5.69 Å². The third-order valence-electron chi connectivity index (χ3n) is 2.37. The van der Waals surface area contributed by atoms with E-state index in [0.717, 1.165) is 6.07 Å². The lowest BCUT2D eigenvalue weighted by atomic mass is 10.3. The molecule has 0 atom stereocenters. The summed E-state index contributed by atoms with van der Waals surface area (Å²) in [6.45, 7) is 0.177. The van der Waals surface area contributed by atoms with Gasteiger partial charge in [0.25, 0.3) is 5.69 Å². The fourth-order valence-electron chi connectivity index (χ4n) is 1.57. The van der Waals surface area contributed by atoms with Crippen molar-refractivity contribution in [1.82, 2.24) is 9.55 Å². The second-order valence-corrected chi connectivity index (χ2v) is 3.59. The Hall–Kier alpha value is -2.70. The highest BCUT2D eigenvalue weighted by Crippen LogP contribution is 2.17. The molecule has 0 bridgehead atoms. The first kappa shape index (κ1) is 11.8. The first-order valence-electron chi connectivity index (χ1n) is 5.05. The van der Waals surface area contributed by atoms with Gasteiger partial charge in [-0.05, 0) is 12.1 Å². The number of rotatable bonds is 4. The molecule has 0 saturated carbocycles. The van der Waals surface area contributed by atoms with Crippen LogP contribution in [0, 0.1) is 10.1 Å². The van der Waals surface area contributed by atoms with E-state index < -0.39 is 10.9 Å². The SMILES string of the molecule is O=C(O)c1cc([N+](=O)[O-])cn1Cc1ccccn1. The number of aromatic carboxylic acids is 1. The third kappa shape index (κ3) is 2.34. The average molecular weight is 247 g/mol. The molecule has 0 radical (unpaired) electrons. The molecule has 0 amide bonds. The maximum atomic E-state index is 11.0. The zero-order valence-corrected chi connectivity index (χ0v) is 9.18. The number of hydrogen-bond donors (Lipinski definition) is 1. The van der Waals surface area contributed by atoms with Crippen LogP contribution in [-0.4, -0.2) is 25.6 Å². The molecule has 2 heterocycles. The van der Waals surface area contributed by atoms with E-state index in [4.69, 9.17) is 5.11 Å². The molecule has 0 aromatic carbocycles. The molecular weight excluding hydrogens is 238 g/mol. The van der Waals surface area contributed by atoms with Gasteiger partial charge in [-0.15, -0.1) is 0 Å². The fraction of sp³-hybridized carbons (Fsp3) is 0.0909. The van der Waals surface area contributed by atoms with Crippen LogP contribution in [-0.2, 0) is 6.54 Å². The summed E-state index contributed by atoms with van der Waals surface area (Å²) in [5, 5.41) is 19.6. The number of carbonyl (C=O) groups is 1. The molecular formula is C11H9N3O4. The van der Waals surface area contributed by atoms with Crippen LogP contribution >= 0.6 is 0 Å². The van der Waals surface area contributed by atoms with E-state index >= 15 is 0 Å². The van der Waals surface area contributed by atoms with Crippen LogP contribution in [0.2, 0.25) is 0 Å². The van der Waals surface area contributed by atoms with Crippen LogP contribution in [0.25, 0.3) is 0 Å². The molecule has 0 fully saturated rings. The number of hydrogen-bond acceptors (Lipinski definition) is 4. The highest BCUT2D eigenvalue weighted by Gasteiger charge is 2.18. The highest BCUT2D eigenvalue weighted by atomic mass is 16.6.